The summed E-state index contributed by atoms with van der Waals surface area (Å²) in [6.07, 6.45) is 0. The van der Waals surface area contributed by atoms with Crippen molar-refractivity contribution in [2.24, 2.45) is 7.05 Å². The molecule has 9 heteroatoms. The maximum Gasteiger partial charge on any atom is 0.359 e. The van der Waals surface area contributed by atoms with Crippen LogP contribution in [0.2, 0.25) is 0 Å². The number of aromatic nitrogens is 4. The van der Waals surface area contributed by atoms with Gasteiger partial charge in [0, 0.05) is 18.7 Å². The fourth-order valence-electron chi connectivity index (χ4n) is 2.01. The van der Waals surface area contributed by atoms with Crippen LogP contribution in [0.15, 0.2) is 45.7 Å². The molecule has 0 saturated carbocycles. The van der Waals surface area contributed by atoms with Gasteiger partial charge in [-0.3, -0.25) is 4.79 Å². The molecule has 0 atom stereocenters. The van der Waals surface area contributed by atoms with E-state index in [2.05, 4.69) is 15.2 Å². The Hall–Kier alpha value is -3.49. The minimum atomic E-state index is -0.697. The van der Waals surface area contributed by atoms with Gasteiger partial charge in [0.05, 0.1) is 7.11 Å². The van der Waals surface area contributed by atoms with E-state index in [1.54, 1.807) is 31.4 Å². The van der Waals surface area contributed by atoms with Crippen LogP contribution in [0.25, 0.3) is 11.4 Å². The molecule has 9 nitrogen and oxygen atoms in total. The number of carbonyl (C=O) groups excluding carboxylic acids is 1. The van der Waals surface area contributed by atoms with Gasteiger partial charge in [0.1, 0.15) is 5.75 Å². The molecule has 0 spiro atoms. The summed E-state index contributed by atoms with van der Waals surface area (Å²) in [7, 11) is 3.01. The zero-order valence-electron chi connectivity index (χ0n) is 13.5. The highest BCUT2D eigenvalue weighted by Crippen LogP contribution is 2.21. The molecule has 3 rings (SSSR count). The van der Waals surface area contributed by atoms with Gasteiger partial charge in [0.2, 0.25) is 5.82 Å². The third-order valence-corrected chi connectivity index (χ3v) is 3.29. The van der Waals surface area contributed by atoms with E-state index in [-0.39, 0.29) is 23.8 Å². The molecule has 2 aromatic heterocycles. The Morgan fingerprint density at radius 3 is 2.88 bits per heavy atom. The summed E-state index contributed by atoms with van der Waals surface area (Å²) in [5.41, 5.74) is 0.395. The number of hydrogen-bond donors (Lipinski definition) is 0. The normalized spacial score (nSPS) is 10.5. The van der Waals surface area contributed by atoms with Crippen molar-refractivity contribution in [1.29, 1.82) is 0 Å². The van der Waals surface area contributed by atoms with Crippen LogP contribution in [0.4, 0.5) is 0 Å². The van der Waals surface area contributed by atoms with Crippen molar-refractivity contribution in [1.82, 2.24) is 19.9 Å². The van der Waals surface area contributed by atoms with Crippen LogP contribution >= 0.6 is 0 Å². The molecule has 3 aromatic rings. The van der Waals surface area contributed by atoms with Crippen LogP contribution in [0.3, 0.4) is 0 Å². The van der Waals surface area contributed by atoms with E-state index in [9.17, 15) is 9.59 Å². The first kappa shape index (κ1) is 16.4. The van der Waals surface area contributed by atoms with E-state index in [1.165, 1.54) is 19.2 Å². The Morgan fingerprint density at radius 1 is 1.28 bits per heavy atom. The molecule has 0 saturated heterocycles. The summed E-state index contributed by atoms with van der Waals surface area (Å²) < 4.78 is 16.3. The largest absolute Gasteiger partial charge is 0.497 e. The fourth-order valence-corrected chi connectivity index (χ4v) is 2.01. The highest BCUT2D eigenvalue weighted by atomic mass is 16.6. The summed E-state index contributed by atoms with van der Waals surface area (Å²) in [5, 5.41) is 7.65. The lowest BCUT2D eigenvalue weighted by atomic mass is 10.2. The van der Waals surface area contributed by atoms with E-state index >= 15 is 0 Å². The Bertz CT molecular complexity index is 963. The molecule has 0 amide bonds. The van der Waals surface area contributed by atoms with Gasteiger partial charge in [-0.25, -0.2) is 9.48 Å². The standard InChI is InChI=1S/C16H14N4O5/c1-20-14(21)7-6-12(18-20)16(22)24-9-13-17-15(19-25-13)10-4-3-5-11(8-10)23-2/h3-8H,9H2,1-2H3. The Labute approximate surface area is 141 Å². The van der Waals surface area contributed by atoms with Crippen LogP contribution in [-0.2, 0) is 18.4 Å². The Morgan fingerprint density at radius 2 is 2.12 bits per heavy atom. The molecule has 0 unspecified atom stereocenters. The van der Waals surface area contributed by atoms with E-state index < -0.39 is 5.97 Å². The SMILES string of the molecule is COc1cccc(-c2noc(COC(=O)c3ccc(=O)n(C)n3)n2)c1. The molecule has 0 aliphatic heterocycles. The topological polar surface area (TPSA) is 109 Å². The number of hydrogen-bond acceptors (Lipinski definition) is 8. The first-order valence-corrected chi connectivity index (χ1v) is 7.25. The predicted octanol–water partition coefficient (Wildman–Crippen LogP) is 1.20. The molecule has 128 valence electrons. The first-order chi connectivity index (χ1) is 12.1. The van der Waals surface area contributed by atoms with Crippen molar-refractivity contribution < 1.29 is 18.8 Å². The van der Waals surface area contributed by atoms with Crippen LogP contribution in [-0.4, -0.2) is 33.0 Å². The average Bonchev–Trinajstić information content (AvgIpc) is 3.11. The number of esters is 1. The molecular formula is C16H14N4O5. The number of carbonyl (C=O) groups is 1. The summed E-state index contributed by atoms with van der Waals surface area (Å²) in [6, 6.07) is 9.69. The summed E-state index contributed by atoms with van der Waals surface area (Å²) in [6.45, 7) is -0.208. The van der Waals surface area contributed by atoms with Crippen molar-refractivity contribution in [2.75, 3.05) is 7.11 Å². The first-order valence-electron chi connectivity index (χ1n) is 7.25. The van der Waals surface area contributed by atoms with Crippen molar-refractivity contribution in [3.63, 3.8) is 0 Å². The molecule has 0 N–H and O–H groups in total. The molecule has 0 aliphatic carbocycles. The van der Waals surface area contributed by atoms with Crippen LogP contribution < -0.4 is 10.3 Å². The maximum absolute atomic E-state index is 11.9. The molecule has 2 heterocycles. The van der Waals surface area contributed by atoms with E-state index in [0.29, 0.717) is 17.1 Å². The lowest BCUT2D eigenvalue weighted by Crippen LogP contribution is -2.21. The molecule has 0 fully saturated rings. The summed E-state index contributed by atoms with van der Waals surface area (Å²) in [4.78, 5) is 27.4. The predicted molar refractivity (Wildman–Crippen MR) is 84.9 cm³/mol. The van der Waals surface area contributed by atoms with Crippen molar-refractivity contribution in [2.45, 2.75) is 6.61 Å². The second kappa shape index (κ2) is 6.95. The van der Waals surface area contributed by atoms with Gasteiger partial charge in [-0.15, -0.1) is 0 Å². The Kier molecular flexibility index (Phi) is 4.55. The van der Waals surface area contributed by atoms with Gasteiger partial charge < -0.3 is 14.0 Å². The Balaban J connectivity index is 1.68. The number of rotatable bonds is 5. The van der Waals surface area contributed by atoms with Gasteiger partial charge >= 0.3 is 5.97 Å². The van der Waals surface area contributed by atoms with Crippen LogP contribution in [0.5, 0.6) is 5.75 Å². The highest BCUT2D eigenvalue weighted by molar-refractivity contribution is 5.86. The summed E-state index contributed by atoms with van der Waals surface area (Å²) in [5.74, 6) is 0.453. The van der Waals surface area contributed by atoms with Crippen molar-refractivity contribution >= 4 is 5.97 Å². The number of ether oxygens (including phenoxy) is 2. The minimum Gasteiger partial charge on any atom is -0.497 e. The third kappa shape index (κ3) is 3.71. The second-order valence-corrected chi connectivity index (χ2v) is 5.00. The minimum absolute atomic E-state index is 0.00892. The molecular weight excluding hydrogens is 328 g/mol. The number of methoxy groups -OCH3 is 1. The van der Waals surface area contributed by atoms with Crippen LogP contribution in [0.1, 0.15) is 16.4 Å². The smallest absolute Gasteiger partial charge is 0.359 e. The molecule has 1 aromatic carbocycles. The molecule has 25 heavy (non-hydrogen) atoms. The molecule has 0 radical (unpaired) electrons. The maximum atomic E-state index is 11.9. The van der Waals surface area contributed by atoms with E-state index in [1.807, 2.05) is 0 Å². The van der Waals surface area contributed by atoms with Gasteiger partial charge in [-0.2, -0.15) is 10.1 Å². The summed E-state index contributed by atoms with van der Waals surface area (Å²) >= 11 is 0. The monoisotopic (exact) mass is 342 g/mol. The average molecular weight is 342 g/mol. The number of nitrogens with zero attached hydrogens (tertiary/aromatic N) is 4. The third-order valence-electron chi connectivity index (χ3n) is 3.29. The van der Waals surface area contributed by atoms with E-state index in [4.69, 9.17) is 14.0 Å². The van der Waals surface area contributed by atoms with Crippen LogP contribution in [0, 0.1) is 0 Å². The highest BCUT2D eigenvalue weighted by Gasteiger charge is 2.14. The van der Waals surface area contributed by atoms with Crippen molar-refractivity contribution in [3.8, 4) is 17.1 Å². The molecule has 0 aliphatic rings. The van der Waals surface area contributed by atoms with E-state index in [0.717, 1.165) is 4.68 Å². The number of aryl methyl sites for hydroxylation is 1. The van der Waals surface area contributed by atoms with Gasteiger partial charge in [-0.05, 0) is 18.2 Å². The number of benzene rings is 1. The lowest BCUT2D eigenvalue weighted by molar-refractivity contribution is 0.0420. The zero-order chi connectivity index (χ0) is 17.8. The van der Waals surface area contributed by atoms with Gasteiger partial charge in [-0.1, -0.05) is 17.3 Å². The van der Waals surface area contributed by atoms with Crippen molar-refractivity contribution in [3.05, 3.63) is 58.3 Å². The second-order valence-electron chi connectivity index (χ2n) is 5.00. The lowest BCUT2D eigenvalue weighted by Gasteiger charge is -2.02. The molecule has 0 bridgehead atoms. The quantitative estimate of drug-likeness (QED) is 0.636. The van der Waals surface area contributed by atoms with Gasteiger partial charge in [0.15, 0.2) is 12.3 Å². The van der Waals surface area contributed by atoms with Gasteiger partial charge in [0.25, 0.3) is 11.4 Å². The zero-order valence-corrected chi connectivity index (χ0v) is 13.5. The fraction of sp³-hybridized carbons (Fsp3) is 0.188.